The number of hydrogen-bond acceptors (Lipinski definition) is 3. The van der Waals surface area contributed by atoms with E-state index in [1.807, 2.05) is 17.8 Å². The summed E-state index contributed by atoms with van der Waals surface area (Å²) in [7, 11) is 0. The van der Waals surface area contributed by atoms with Gasteiger partial charge in [-0.25, -0.2) is 0 Å². The Morgan fingerprint density at radius 2 is 2.26 bits per heavy atom. The molecule has 0 saturated heterocycles. The van der Waals surface area contributed by atoms with Crippen LogP contribution in [0.1, 0.15) is 31.1 Å². The highest BCUT2D eigenvalue weighted by Gasteiger charge is 2.07. The van der Waals surface area contributed by atoms with Crippen molar-refractivity contribution in [1.29, 1.82) is 0 Å². The van der Waals surface area contributed by atoms with Crippen molar-refractivity contribution in [3.8, 4) is 5.75 Å². The van der Waals surface area contributed by atoms with Crippen molar-refractivity contribution in [3.63, 3.8) is 0 Å². The Morgan fingerprint density at radius 3 is 2.84 bits per heavy atom. The Hall–Kier alpha value is -1.52. The molecule has 1 atom stereocenters. The Labute approximate surface area is 117 Å². The van der Waals surface area contributed by atoms with E-state index in [0.29, 0.717) is 17.4 Å². The largest absolute Gasteiger partial charge is 0.487 e. The second kappa shape index (κ2) is 6.08. The first-order valence-corrected chi connectivity index (χ1v) is 6.59. The van der Waals surface area contributed by atoms with Gasteiger partial charge in [0.2, 0.25) is 0 Å². The summed E-state index contributed by atoms with van der Waals surface area (Å²) in [4.78, 5) is 0. The van der Waals surface area contributed by atoms with Gasteiger partial charge < -0.3 is 9.84 Å². The first-order chi connectivity index (χ1) is 9.10. The van der Waals surface area contributed by atoms with Crippen molar-refractivity contribution in [3.05, 3.63) is 46.7 Å². The lowest BCUT2D eigenvalue weighted by molar-refractivity contribution is 0.199. The van der Waals surface area contributed by atoms with Crippen LogP contribution in [0.3, 0.4) is 0 Å². The maximum Gasteiger partial charge on any atom is 0.138 e. The van der Waals surface area contributed by atoms with Gasteiger partial charge in [-0.1, -0.05) is 17.7 Å². The molecule has 0 bridgehead atoms. The van der Waals surface area contributed by atoms with Crippen molar-refractivity contribution >= 4 is 11.6 Å². The molecule has 0 aliphatic rings. The van der Waals surface area contributed by atoms with Crippen molar-refractivity contribution in [2.45, 2.75) is 33.1 Å². The standard InChI is InChI=1S/C14H17ClN2O2/c1-3-17-8-11(7-16-17)9-19-14-5-4-12(10(2)18)6-13(14)15/h4-8,10,18H,3,9H2,1-2H3/t10-/m0/s1. The molecule has 1 aromatic heterocycles. The Kier molecular flexibility index (Phi) is 4.45. The van der Waals surface area contributed by atoms with E-state index >= 15 is 0 Å². The van der Waals surface area contributed by atoms with Crippen LogP contribution >= 0.6 is 11.6 Å². The van der Waals surface area contributed by atoms with Crippen LogP contribution in [-0.2, 0) is 13.2 Å². The van der Waals surface area contributed by atoms with Gasteiger partial charge in [0.1, 0.15) is 12.4 Å². The minimum Gasteiger partial charge on any atom is -0.487 e. The molecule has 0 fully saturated rings. The van der Waals surface area contributed by atoms with Gasteiger partial charge in [-0.15, -0.1) is 0 Å². The lowest BCUT2D eigenvalue weighted by Gasteiger charge is -2.10. The van der Waals surface area contributed by atoms with E-state index in [9.17, 15) is 5.11 Å². The van der Waals surface area contributed by atoms with E-state index in [2.05, 4.69) is 5.10 Å². The molecule has 0 spiro atoms. The van der Waals surface area contributed by atoms with Gasteiger partial charge in [0.25, 0.3) is 0 Å². The molecule has 1 heterocycles. The summed E-state index contributed by atoms with van der Waals surface area (Å²) >= 11 is 6.12. The number of aliphatic hydroxyl groups excluding tert-OH is 1. The predicted molar refractivity (Wildman–Crippen MR) is 74.3 cm³/mol. The third-order valence-corrected chi connectivity index (χ3v) is 3.14. The van der Waals surface area contributed by atoms with Gasteiger partial charge in [-0.3, -0.25) is 4.68 Å². The second-order valence-corrected chi connectivity index (χ2v) is 4.77. The van der Waals surface area contributed by atoms with Crippen LogP contribution in [0.4, 0.5) is 0 Å². The second-order valence-electron chi connectivity index (χ2n) is 4.36. The molecule has 1 N–H and O–H groups in total. The number of aromatic nitrogens is 2. The Morgan fingerprint density at radius 1 is 1.47 bits per heavy atom. The molecule has 0 saturated carbocycles. The number of nitrogens with zero attached hydrogens (tertiary/aromatic N) is 2. The summed E-state index contributed by atoms with van der Waals surface area (Å²) in [6.07, 6.45) is 3.19. The molecule has 0 aliphatic carbocycles. The van der Waals surface area contributed by atoms with E-state index in [0.717, 1.165) is 17.7 Å². The molecule has 2 rings (SSSR count). The molecular weight excluding hydrogens is 264 g/mol. The summed E-state index contributed by atoms with van der Waals surface area (Å²) in [6.45, 7) is 4.99. The number of rotatable bonds is 5. The van der Waals surface area contributed by atoms with Crippen molar-refractivity contribution < 1.29 is 9.84 Å². The van der Waals surface area contributed by atoms with Crippen LogP contribution in [0.25, 0.3) is 0 Å². The summed E-state index contributed by atoms with van der Waals surface area (Å²) in [5.41, 5.74) is 1.77. The molecule has 0 unspecified atom stereocenters. The van der Waals surface area contributed by atoms with E-state index in [1.54, 1.807) is 31.3 Å². The first-order valence-electron chi connectivity index (χ1n) is 6.21. The fourth-order valence-corrected chi connectivity index (χ4v) is 1.95. The summed E-state index contributed by atoms with van der Waals surface area (Å²) in [5.74, 6) is 0.607. The third-order valence-electron chi connectivity index (χ3n) is 2.84. The highest BCUT2D eigenvalue weighted by Crippen LogP contribution is 2.28. The molecule has 0 aliphatic heterocycles. The SMILES string of the molecule is CCn1cc(COc2ccc([C@H](C)O)cc2Cl)cn1. The molecule has 19 heavy (non-hydrogen) atoms. The van der Waals surface area contributed by atoms with Gasteiger partial charge in [0, 0.05) is 18.3 Å². The minimum absolute atomic E-state index is 0.424. The van der Waals surface area contributed by atoms with Crippen LogP contribution < -0.4 is 4.74 Å². The summed E-state index contributed by atoms with van der Waals surface area (Å²) in [5, 5.41) is 14.1. The zero-order valence-electron chi connectivity index (χ0n) is 11.0. The molecule has 2 aromatic rings. The average molecular weight is 281 g/mol. The zero-order valence-corrected chi connectivity index (χ0v) is 11.8. The maximum atomic E-state index is 9.47. The van der Waals surface area contributed by atoms with Crippen LogP contribution in [0, 0.1) is 0 Å². The van der Waals surface area contributed by atoms with Crippen molar-refractivity contribution in [2.75, 3.05) is 0 Å². The number of hydrogen-bond donors (Lipinski definition) is 1. The zero-order chi connectivity index (χ0) is 13.8. The summed E-state index contributed by atoms with van der Waals surface area (Å²) < 4.78 is 7.49. The smallest absolute Gasteiger partial charge is 0.138 e. The number of aliphatic hydroxyl groups is 1. The van der Waals surface area contributed by atoms with E-state index in [-0.39, 0.29) is 0 Å². The molecular formula is C14H17ClN2O2. The molecule has 4 nitrogen and oxygen atoms in total. The van der Waals surface area contributed by atoms with Crippen LogP contribution in [0.2, 0.25) is 5.02 Å². The molecule has 1 aromatic carbocycles. The minimum atomic E-state index is -0.533. The lowest BCUT2D eigenvalue weighted by atomic mass is 10.1. The Bertz CT molecular complexity index is 552. The number of benzene rings is 1. The van der Waals surface area contributed by atoms with Gasteiger partial charge in [0.05, 0.1) is 17.3 Å². The van der Waals surface area contributed by atoms with E-state index < -0.39 is 6.10 Å². The number of aryl methyl sites for hydroxylation is 1. The van der Waals surface area contributed by atoms with E-state index in [4.69, 9.17) is 16.3 Å². The third kappa shape index (κ3) is 3.49. The highest BCUT2D eigenvalue weighted by molar-refractivity contribution is 6.32. The molecule has 0 amide bonds. The topological polar surface area (TPSA) is 47.3 Å². The number of ether oxygens (including phenoxy) is 1. The normalized spacial score (nSPS) is 12.4. The molecule has 0 radical (unpaired) electrons. The van der Waals surface area contributed by atoms with Gasteiger partial charge >= 0.3 is 0 Å². The van der Waals surface area contributed by atoms with Crippen molar-refractivity contribution in [1.82, 2.24) is 9.78 Å². The van der Waals surface area contributed by atoms with Crippen LogP contribution in [-0.4, -0.2) is 14.9 Å². The molecule has 102 valence electrons. The average Bonchev–Trinajstić information content (AvgIpc) is 2.85. The monoisotopic (exact) mass is 280 g/mol. The highest BCUT2D eigenvalue weighted by atomic mass is 35.5. The predicted octanol–water partition coefficient (Wildman–Crippen LogP) is 3.19. The van der Waals surface area contributed by atoms with Gasteiger partial charge in [0.15, 0.2) is 0 Å². The maximum absolute atomic E-state index is 9.47. The lowest BCUT2D eigenvalue weighted by Crippen LogP contribution is -1.97. The molecule has 5 heteroatoms. The van der Waals surface area contributed by atoms with Crippen LogP contribution in [0.15, 0.2) is 30.6 Å². The Balaban J connectivity index is 2.03. The van der Waals surface area contributed by atoms with Gasteiger partial charge in [-0.2, -0.15) is 5.10 Å². The fourth-order valence-electron chi connectivity index (χ4n) is 1.71. The fraction of sp³-hybridized carbons (Fsp3) is 0.357. The quantitative estimate of drug-likeness (QED) is 0.915. The van der Waals surface area contributed by atoms with Crippen molar-refractivity contribution in [2.24, 2.45) is 0 Å². The van der Waals surface area contributed by atoms with Gasteiger partial charge in [-0.05, 0) is 31.5 Å². The van der Waals surface area contributed by atoms with Crippen LogP contribution in [0.5, 0.6) is 5.75 Å². The summed E-state index contributed by atoms with van der Waals surface area (Å²) in [6, 6.07) is 5.30. The number of halogens is 1. The van der Waals surface area contributed by atoms with E-state index in [1.165, 1.54) is 0 Å². The first kappa shape index (κ1) is 13.9.